The first-order chi connectivity index (χ1) is 15.6. The molecule has 2 N–H and O–H groups in total. The number of nitrogens with one attached hydrogen (secondary N) is 2. The van der Waals surface area contributed by atoms with E-state index >= 15 is 0 Å². The Balaban J connectivity index is 1.53. The second-order valence-corrected chi connectivity index (χ2v) is 6.88. The largest absolute Gasteiger partial charge is 0.439 e. The predicted molar refractivity (Wildman–Crippen MR) is 115 cm³/mol. The number of benzene rings is 3. The quantitative estimate of drug-likeness (QED) is 0.446. The molecule has 2 heterocycles. The number of anilines is 1. The zero-order valence-electron chi connectivity index (χ0n) is 16.3. The summed E-state index contributed by atoms with van der Waals surface area (Å²) in [7, 11) is 0. The first-order valence-electron chi connectivity index (χ1n) is 9.49. The maximum atomic E-state index is 13.1. The maximum Gasteiger partial charge on any atom is 0.439 e. The lowest BCUT2D eigenvalue weighted by Crippen LogP contribution is -2.13. The lowest BCUT2D eigenvalue weighted by molar-refractivity contribution is 0.102. The molecule has 0 radical (unpaired) electrons. The van der Waals surface area contributed by atoms with Crippen LogP contribution in [0.25, 0.3) is 33.5 Å². The number of aromatic amines is 1. The third-order valence-electron chi connectivity index (χ3n) is 4.88. The molecule has 32 heavy (non-hydrogen) atoms. The Morgan fingerprint density at radius 3 is 2.56 bits per heavy atom. The molecule has 0 aliphatic heterocycles. The number of hydrogen-bond acceptors (Lipinski definition) is 7. The summed E-state index contributed by atoms with van der Waals surface area (Å²) in [5.41, 5.74) is 3.43. The lowest BCUT2D eigenvalue weighted by atomic mass is 10.0. The van der Waals surface area contributed by atoms with Crippen molar-refractivity contribution in [2.45, 2.75) is 0 Å². The number of rotatable bonds is 4. The summed E-state index contributed by atoms with van der Waals surface area (Å²) in [5, 5.41) is 20.1. The van der Waals surface area contributed by atoms with Crippen LogP contribution in [0, 0.1) is 11.3 Å². The molecule has 9 nitrogen and oxygen atoms in total. The molecule has 0 atom stereocenters. The molecular formula is C23H13N5O4. The number of nitriles is 1. The molecule has 0 saturated carbocycles. The summed E-state index contributed by atoms with van der Waals surface area (Å²) in [6.45, 7) is 0. The van der Waals surface area contributed by atoms with Crippen LogP contribution in [0.2, 0.25) is 0 Å². The first-order valence-corrected chi connectivity index (χ1v) is 9.49. The van der Waals surface area contributed by atoms with E-state index < -0.39 is 11.7 Å². The van der Waals surface area contributed by atoms with Crippen LogP contribution < -0.4 is 11.1 Å². The molecule has 2 aromatic heterocycles. The van der Waals surface area contributed by atoms with Crippen molar-refractivity contribution in [1.82, 2.24) is 15.3 Å². The highest BCUT2D eigenvalue weighted by atomic mass is 16.5. The van der Waals surface area contributed by atoms with Crippen LogP contribution in [-0.4, -0.2) is 21.2 Å². The van der Waals surface area contributed by atoms with E-state index in [0.29, 0.717) is 27.8 Å². The first kappa shape index (κ1) is 19.0. The molecule has 0 fully saturated rings. The van der Waals surface area contributed by atoms with Gasteiger partial charge in [-0.3, -0.25) is 14.3 Å². The van der Waals surface area contributed by atoms with Gasteiger partial charge in [-0.2, -0.15) is 5.26 Å². The number of hydrogen-bond donors (Lipinski definition) is 2. The second kappa shape index (κ2) is 7.70. The van der Waals surface area contributed by atoms with Crippen LogP contribution in [0.15, 0.2) is 80.6 Å². The van der Waals surface area contributed by atoms with E-state index in [9.17, 15) is 14.9 Å². The fourth-order valence-electron chi connectivity index (χ4n) is 3.36. The van der Waals surface area contributed by atoms with E-state index in [0.717, 1.165) is 11.1 Å². The van der Waals surface area contributed by atoms with Gasteiger partial charge in [0.15, 0.2) is 17.1 Å². The standard InChI is InChI=1S/C23H13N5O4/c24-12-13-6-8-18(16(10-13)21-26-23(30)32-28-21)25-22(29)20-17-11-15(7-9-19(17)31-27-20)14-4-2-1-3-5-14/h1-11H,(H,25,29)(H,26,28,30). The van der Waals surface area contributed by atoms with Gasteiger partial charge in [0, 0.05) is 5.56 Å². The molecule has 5 rings (SSSR count). The van der Waals surface area contributed by atoms with E-state index in [2.05, 4.69) is 25.1 Å². The number of H-pyrrole nitrogens is 1. The summed E-state index contributed by atoms with van der Waals surface area (Å²) in [4.78, 5) is 26.9. The van der Waals surface area contributed by atoms with Gasteiger partial charge in [-0.1, -0.05) is 46.7 Å². The summed E-state index contributed by atoms with van der Waals surface area (Å²) < 4.78 is 9.88. The molecule has 5 aromatic rings. The van der Waals surface area contributed by atoms with Crippen LogP contribution in [0.3, 0.4) is 0 Å². The zero-order valence-corrected chi connectivity index (χ0v) is 16.3. The minimum atomic E-state index is -0.754. The Hall–Kier alpha value is -4.97. The van der Waals surface area contributed by atoms with E-state index in [1.165, 1.54) is 18.2 Å². The van der Waals surface area contributed by atoms with E-state index in [1.807, 2.05) is 48.5 Å². The molecule has 3 aromatic carbocycles. The van der Waals surface area contributed by atoms with Gasteiger partial charge in [0.05, 0.1) is 22.7 Å². The van der Waals surface area contributed by atoms with Crippen LogP contribution >= 0.6 is 0 Å². The van der Waals surface area contributed by atoms with Crippen molar-refractivity contribution < 1.29 is 13.8 Å². The van der Waals surface area contributed by atoms with Gasteiger partial charge < -0.3 is 9.84 Å². The van der Waals surface area contributed by atoms with Crippen LogP contribution in [0.1, 0.15) is 16.1 Å². The monoisotopic (exact) mass is 423 g/mol. The van der Waals surface area contributed by atoms with E-state index in [1.54, 1.807) is 6.07 Å². The second-order valence-electron chi connectivity index (χ2n) is 6.88. The molecule has 0 saturated heterocycles. The Labute approximate surface area is 179 Å². The van der Waals surface area contributed by atoms with Crippen molar-refractivity contribution in [3.63, 3.8) is 0 Å². The molecule has 0 bridgehead atoms. The highest BCUT2D eigenvalue weighted by molar-refractivity contribution is 6.12. The minimum Gasteiger partial charge on any atom is -0.355 e. The smallest absolute Gasteiger partial charge is 0.355 e. The Morgan fingerprint density at radius 2 is 1.81 bits per heavy atom. The van der Waals surface area contributed by atoms with E-state index in [-0.39, 0.29) is 11.5 Å². The van der Waals surface area contributed by atoms with Crippen LogP contribution in [0.5, 0.6) is 0 Å². The summed E-state index contributed by atoms with van der Waals surface area (Å²) >= 11 is 0. The fourth-order valence-corrected chi connectivity index (χ4v) is 3.36. The van der Waals surface area contributed by atoms with Gasteiger partial charge >= 0.3 is 5.76 Å². The summed E-state index contributed by atoms with van der Waals surface area (Å²) in [6, 6.07) is 21.8. The molecule has 9 heteroatoms. The number of nitrogens with zero attached hydrogens (tertiary/aromatic N) is 3. The average molecular weight is 423 g/mol. The molecular weight excluding hydrogens is 410 g/mol. The van der Waals surface area contributed by atoms with Gasteiger partial charge in [0.25, 0.3) is 5.91 Å². The number of carbonyl (C=O) groups is 1. The number of aromatic nitrogens is 3. The van der Waals surface area contributed by atoms with E-state index in [4.69, 9.17) is 4.52 Å². The normalized spacial score (nSPS) is 10.7. The Kier molecular flexibility index (Phi) is 4.58. The van der Waals surface area contributed by atoms with Gasteiger partial charge in [-0.15, -0.1) is 0 Å². The van der Waals surface area contributed by atoms with Crippen molar-refractivity contribution in [3.8, 4) is 28.6 Å². The fraction of sp³-hybridized carbons (Fsp3) is 0. The van der Waals surface area contributed by atoms with Gasteiger partial charge in [-0.25, -0.2) is 4.79 Å². The molecule has 0 aliphatic carbocycles. The Bertz CT molecular complexity index is 1560. The number of amides is 1. The predicted octanol–water partition coefficient (Wildman–Crippen LogP) is 3.96. The highest BCUT2D eigenvalue weighted by Crippen LogP contribution is 2.29. The third-order valence-corrected chi connectivity index (χ3v) is 4.88. The minimum absolute atomic E-state index is 0.0822. The van der Waals surface area contributed by atoms with Crippen LogP contribution in [0.4, 0.5) is 5.69 Å². The van der Waals surface area contributed by atoms with Crippen molar-refractivity contribution in [2.75, 3.05) is 5.32 Å². The van der Waals surface area contributed by atoms with Crippen molar-refractivity contribution in [3.05, 3.63) is 88.5 Å². The molecule has 154 valence electrons. The van der Waals surface area contributed by atoms with Gasteiger partial charge in [0.2, 0.25) is 0 Å². The van der Waals surface area contributed by atoms with Gasteiger partial charge in [0.1, 0.15) is 0 Å². The number of fused-ring (bicyclic) bond motifs is 1. The molecule has 0 unspecified atom stereocenters. The molecule has 0 aliphatic rings. The number of carbonyl (C=O) groups excluding carboxylic acids is 1. The van der Waals surface area contributed by atoms with Crippen molar-refractivity contribution in [2.24, 2.45) is 0 Å². The third kappa shape index (κ3) is 3.42. The van der Waals surface area contributed by atoms with Crippen molar-refractivity contribution >= 4 is 22.6 Å². The average Bonchev–Trinajstić information content (AvgIpc) is 3.45. The molecule has 1 amide bonds. The van der Waals surface area contributed by atoms with Crippen LogP contribution in [-0.2, 0) is 0 Å². The Morgan fingerprint density at radius 1 is 0.969 bits per heavy atom. The highest BCUT2D eigenvalue weighted by Gasteiger charge is 2.20. The maximum absolute atomic E-state index is 13.1. The lowest BCUT2D eigenvalue weighted by Gasteiger charge is -2.08. The summed E-state index contributed by atoms with van der Waals surface area (Å²) in [6.07, 6.45) is 0. The van der Waals surface area contributed by atoms with Crippen molar-refractivity contribution in [1.29, 1.82) is 5.26 Å². The molecule has 0 spiro atoms. The topological polar surface area (TPSA) is 138 Å². The summed E-state index contributed by atoms with van der Waals surface area (Å²) in [5.74, 6) is -1.19. The zero-order chi connectivity index (χ0) is 22.1. The van der Waals surface area contributed by atoms with Gasteiger partial charge in [-0.05, 0) is 41.5 Å². The SMILES string of the molecule is N#Cc1ccc(NC(=O)c2noc3ccc(-c4ccccc4)cc23)c(-c2noc(=O)[nH]2)c1.